The molecule has 0 aliphatic rings. The molecule has 0 heterocycles. The standard InChI is InChI=1S/C14H23O3P/c1-4-7-8-13-9-11-14(12-10-13)18(15,16-5-2)17-6-3/h9-12H,4-8H2,1-3H3. The second-order valence-corrected chi connectivity index (χ2v) is 6.13. The zero-order valence-corrected chi connectivity index (χ0v) is 12.4. The monoisotopic (exact) mass is 270 g/mol. The maximum Gasteiger partial charge on any atom is 0.361 e. The molecule has 1 rings (SSSR count). The summed E-state index contributed by atoms with van der Waals surface area (Å²) in [5.41, 5.74) is 1.26. The van der Waals surface area contributed by atoms with Crippen molar-refractivity contribution in [3.05, 3.63) is 29.8 Å². The fourth-order valence-corrected chi connectivity index (χ4v) is 3.32. The largest absolute Gasteiger partial charge is 0.361 e. The zero-order chi connectivity index (χ0) is 13.4. The topological polar surface area (TPSA) is 35.5 Å². The van der Waals surface area contributed by atoms with E-state index >= 15 is 0 Å². The lowest BCUT2D eigenvalue weighted by atomic mass is 10.1. The fourth-order valence-electron chi connectivity index (χ4n) is 1.75. The molecular weight excluding hydrogens is 247 g/mol. The van der Waals surface area contributed by atoms with Crippen molar-refractivity contribution in [2.75, 3.05) is 13.2 Å². The summed E-state index contributed by atoms with van der Waals surface area (Å²) in [7, 11) is -3.12. The summed E-state index contributed by atoms with van der Waals surface area (Å²) >= 11 is 0. The molecule has 0 unspecified atom stereocenters. The van der Waals surface area contributed by atoms with E-state index in [2.05, 4.69) is 6.92 Å². The van der Waals surface area contributed by atoms with Crippen LogP contribution in [-0.2, 0) is 20.0 Å². The number of hydrogen-bond donors (Lipinski definition) is 0. The van der Waals surface area contributed by atoms with Crippen LogP contribution in [0, 0.1) is 0 Å². The highest BCUT2D eigenvalue weighted by Crippen LogP contribution is 2.46. The van der Waals surface area contributed by atoms with Gasteiger partial charge in [-0.15, -0.1) is 0 Å². The Morgan fingerprint density at radius 2 is 1.56 bits per heavy atom. The zero-order valence-electron chi connectivity index (χ0n) is 11.5. The smallest absolute Gasteiger partial charge is 0.305 e. The molecule has 0 radical (unpaired) electrons. The van der Waals surface area contributed by atoms with Crippen LogP contribution in [0.2, 0.25) is 0 Å². The van der Waals surface area contributed by atoms with Gasteiger partial charge < -0.3 is 9.05 Å². The summed E-state index contributed by atoms with van der Waals surface area (Å²) in [5, 5.41) is 0.645. The third-order valence-electron chi connectivity index (χ3n) is 2.67. The van der Waals surface area contributed by atoms with E-state index in [0.717, 1.165) is 6.42 Å². The molecule has 102 valence electrons. The van der Waals surface area contributed by atoms with E-state index in [1.54, 1.807) is 0 Å². The molecule has 0 bridgehead atoms. The molecule has 0 spiro atoms. The third-order valence-corrected chi connectivity index (χ3v) is 4.80. The average Bonchev–Trinajstić information content (AvgIpc) is 2.37. The third kappa shape index (κ3) is 4.24. The van der Waals surface area contributed by atoms with Crippen molar-refractivity contribution >= 4 is 12.9 Å². The van der Waals surface area contributed by atoms with Crippen molar-refractivity contribution in [3.8, 4) is 0 Å². The highest BCUT2D eigenvalue weighted by atomic mass is 31.2. The highest BCUT2D eigenvalue weighted by Gasteiger charge is 2.26. The van der Waals surface area contributed by atoms with Gasteiger partial charge in [-0.05, 0) is 44.4 Å². The van der Waals surface area contributed by atoms with Gasteiger partial charge in [-0.1, -0.05) is 25.5 Å². The number of rotatable bonds is 8. The number of aryl methyl sites for hydroxylation is 1. The number of unbranched alkanes of at least 4 members (excludes halogenated alkanes) is 1. The molecule has 4 heteroatoms. The van der Waals surface area contributed by atoms with Crippen LogP contribution in [0.1, 0.15) is 39.2 Å². The Kier molecular flexibility index (Phi) is 6.62. The van der Waals surface area contributed by atoms with Gasteiger partial charge >= 0.3 is 7.60 Å². The molecule has 0 fully saturated rings. The molecule has 18 heavy (non-hydrogen) atoms. The Balaban J connectivity index is 2.83. The van der Waals surface area contributed by atoms with E-state index in [1.807, 2.05) is 38.1 Å². The predicted molar refractivity (Wildman–Crippen MR) is 75.5 cm³/mol. The normalized spacial score (nSPS) is 11.7. The van der Waals surface area contributed by atoms with Crippen LogP contribution >= 0.6 is 7.60 Å². The van der Waals surface area contributed by atoms with E-state index in [9.17, 15) is 4.57 Å². The van der Waals surface area contributed by atoms with Gasteiger partial charge in [0.25, 0.3) is 0 Å². The SMILES string of the molecule is CCCCc1ccc(P(=O)(OCC)OCC)cc1. The van der Waals surface area contributed by atoms with Crippen molar-refractivity contribution in [2.24, 2.45) is 0 Å². The molecule has 3 nitrogen and oxygen atoms in total. The van der Waals surface area contributed by atoms with Crippen LogP contribution < -0.4 is 5.30 Å². The number of benzene rings is 1. The summed E-state index contributed by atoms with van der Waals surface area (Å²) in [6.07, 6.45) is 3.41. The van der Waals surface area contributed by atoms with Gasteiger partial charge in [-0.25, -0.2) is 0 Å². The van der Waals surface area contributed by atoms with E-state index in [0.29, 0.717) is 18.5 Å². The molecule has 0 aliphatic carbocycles. The van der Waals surface area contributed by atoms with E-state index in [-0.39, 0.29) is 0 Å². The maximum atomic E-state index is 12.5. The van der Waals surface area contributed by atoms with Crippen LogP contribution in [0.25, 0.3) is 0 Å². The van der Waals surface area contributed by atoms with Crippen LogP contribution in [0.15, 0.2) is 24.3 Å². The van der Waals surface area contributed by atoms with Crippen LogP contribution in [0.4, 0.5) is 0 Å². The molecule has 1 aromatic rings. The van der Waals surface area contributed by atoms with Gasteiger partial charge in [0.2, 0.25) is 0 Å². The van der Waals surface area contributed by atoms with Crippen LogP contribution in [-0.4, -0.2) is 13.2 Å². The van der Waals surface area contributed by atoms with Gasteiger partial charge in [0.05, 0.1) is 18.5 Å². The quantitative estimate of drug-likeness (QED) is 0.672. The maximum absolute atomic E-state index is 12.5. The molecule has 1 aromatic carbocycles. The Bertz CT molecular complexity index is 377. The minimum absolute atomic E-state index is 0.384. The summed E-state index contributed by atoms with van der Waals surface area (Å²) in [6.45, 7) is 6.58. The van der Waals surface area contributed by atoms with Gasteiger partial charge in [-0.3, -0.25) is 4.57 Å². The molecule has 0 N–H and O–H groups in total. The molecule has 0 aliphatic heterocycles. The molecular formula is C14H23O3P. The first-order valence-corrected chi connectivity index (χ1v) is 8.19. The lowest BCUT2D eigenvalue weighted by molar-refractivity contribution is 0.230. The summed E-state index contributed by atoms with van der Waals surface area (Å²) in [5.74, 6) is 0. The second-order valence-electron chi connectivity index (χ2n) is 4.10. The Morgan fingerprint density at radius 1 is 1.00 bits per heavy atom. The van der Waals surface area contributed by atoms with Crippen molar-refractivity contribution in [2.45, 2.75) is 40.0 Å². The Labute approximate surface area is 110 Å². The van der Waals surface area contributed by atoms with Gasteiger partial charge in [-0.2, -0.15) is 0 Å². The molecule has 0 amide bonds. The van der Waals surface area contributed by atoms with Crippen LogP contribution in [0.3, 0.4) is 0 Å². The first kappa shape index (κ1) is 15.4. The van der Waals surface area contributed by atoms with Gasteiger partial charge in [0, 0.05) is 0 Å². The fraction of sp³-hybridized carbons (Fsp3) is 0.571. The number of hydrogen-bond acceptors (Lipinski definition) is 3. The molecule has 0 aromatic heterocycles. The summed E-state index contributed by atoms with van der Waals surface area (Å²) in [6, 6.07) is 7.74. The summed E-state index contributed by atoms with van der Waals surface area (Å²) in [4.78, 5) is 0. The lowest BCUT2D eigenvalue weighted by Crippen LogP contribution is -2.10. The van der Waals surface area contributed by atoms with Gasteiger partial charge in [0.15, 0.2) is 0 Å². The highest BCUT2D eigenvalue weighted by molar-refractivity contribution is 7.62. The van der Waals surface area contributed by atoms with E-state index in [1.165, 1.54) is 18.4 Å². The molecule has 0 saturated heterocycles. The van der Waals surface area contributed by atoms with E-state index < -0.39 is 7.60 Å². The minimum Gasteiger partial charge on any atom is -0.305 e. The Morgan fingerprint density at radius 3 is 2.00 bits per heavy atom. The first-order chi connectivity index (χ1) is 8.66. The summed E-state index contributed by atoms with van der Waals surface area (Å²) < 4.78 is 23.1. The van der Waals surface area contributed by atoms with Crippen molar-refractivity contribution < 1.29 is 13.6 Å². The molecule has 0 atom stereocenters. The Hall–Kier alpha value is -0.630. The lowest BCUT2D eigenvalue weighted by Gasteiger charge is -2.17. The predicted octanol–water partition coefficient (Wildman–Crippen LogP) is 3.92. The van der Waals surface area contributed by atoms with Crippen LogP contribution in [0.5, 0.6) is 0 Å². The average molecular weight is 270 g/mol. The van der Waals surface area contributed by atoms with E-state index in [4.69, 9.17) is 9.05 Å². The van der Waals surface area contributed by atoms with Crippen molar-refractivity contribution in [1.82, 2.24) is 0 Å². The molecule has 0 saturated carbocycles. The van der Waals surface area contributed by atoms with Crippen molar-refractivity contribution in [3.63, 3.8) is 0 Å². The second kappa shape index (κ2) is 7.73. The van der Waals surface area contributed by atoms with Crippen molar-refractivity contribution in [1.29, 1.82) is 0 Å². The first-order valence-electron chi connectivity index (χ1n) is 6.64. The van der Waals surface area contributed by atoms with Gasteiger partial charge in [0.1, 0.15) is 0 Å². The minimum atomic E-state index is -3.12.